The van der Waals surface area contributed by atoms with Crippen LogP contribution in [0.2, 0.25) is 0 Å². The highest BCUT2D eigenvalue weighted by molar-refractivity contribution is 5.86. The molecule has 1 unspecified atom stereocenters. The molecule has 0 saturated carbocycles. The molecule has 25 heavy (non-hydrogen) atoms. The van der Waals surface area contributed by atoms with E-state index in [9.17, 15) is 0 Å². The third-order valence-electron chi connectivity index (χ3n) is 4.42. The topological polar surface area (TPSA) is 72.2 Å². The first-order valence-electron chi connectivity index (χ1n) is 8.30. The van der Waals surface area contributed by atoms with Crippen LogP contribution < -0.4 is 14.5 Å². The first kappa shape index (κ1) is 15.6. The Kier molecular flexibility index (Phi) is 3.87. The molecule has 0 spiro atoms. The molecule has 0 bridgehead atoms. The number of nitrogens with zero attached hydrogens (tertiary/aromatic N) is 7. The van der Waals surface area contributed by atoms with Crippen molar-refractivity contribution >= 4 is 22.7 Å². The van der Waals surface area contributed by atoms with Crippen molar-refractivity contribution in [2.45, 2.75) is 12.5 Å². The normalized spacial score (nSPS) is 17.2. The van der Waals surface area contributed by atoms with Crippen molar-refractivity contribution in [3.8, 4) is 5.75 Å². The first-order valence-corrected chi connectivity index (χ1v) is 8.30. The number of ether oxygens (including phenoxy) is 1. The molecule has 4 rings (SSSR count). The first-order chi connectivity index (χ1) is 12.1. The van der Waals surface area contributed by atoms with Gasteiger partial charge in [-0.1, -0.05) is 0 Å². The third kappa shape index (κ3) is 2.84. The van der Waals surface area contributed by atoms with Gasteiger partial charge in [-0.2, -0.15) is 5.10 Å². The van der Waals surface area contributed by atoms with E-state index in [0.717, 1.165) is 47.9 Å². The van der Waals surface area contributed by atoms with Crippen molar-refractivity contribution in [3.05, 3.63) is 30.9 Å². The van der Waals surface area contributed by atoms with Crippen LogP contribution in [-0.4, -0.2) is 58.0 Å². The van der Waals surface area contributed by atoms with Crippen molar-refractivity contribution in [2.75, 3.05) is 37.0 Å². The molecule has 1 saturated heterocycles. The van der Waals surface area contributed by atoms with Gasteiger partial charge in [0.25, 0.3) is 0 Å². The molecule has 8 heteroatoms. The third-order valence-corrected chi connectivity index (χ3v) is 4.42. The second-order valence-corrected chi connectivity index (χ2v) is 6.40. The van der Waals surface area contributed by atoms with E-state index in [2.05, 4.69) is 25.0 Å². The minimum absolute atomic E-state index is 0.101. The van der Waals surface area contributed by atoms with Crippen LogP contribution in [0.1, 0.15) is 6.42 Å². The Labute approximate surface area is 146 Å². The fourth-order valence-electron chi connectivity index (χ4n) is 3.21. The van der Waals surface area contributed by atoms with Gasteiger partial charge >= 0.3 is 0 Å². The summed E-state index contributed by atoms with van der Waals surface area (Å²) >= 11 is 0. The molecule has 8 nitrogen and oxygen atoms in total. The number of aromatic nitrogens is 5. The van der Waals surface area contributed by atoms with Crippen LogP contribution in [0, 0.1) is 0 Å². The lowest BCUT2D eigenvalue weighted by Crippen LogP contribution is -2.26. The number of pyridine rings is 1. The lowest BCUT2D eigenvalue weighted by atomic mass is 10.3. The van der Waals surface area contributed by atoms with Gasteiger partial charge in [0, 0.05) is 40.3 Å². The lowest BCUT2D eigenvalue weighted by molar-refractivity contribution is 0.225. The van der Waals surface area contributed by atoms with Crippen molar-refractivity contribution in [3.63, 3.8) is 0 Å². The maximum Gasteiger partial charge on any atom is 0.170 e. The Morgan fingerprint density at radius 1 is 1.24 bits per heavy atom. The zero-order chi connectivity index (χ0) is 17.4. The van der Waals surface area contributed by atoms with Crippen LogP contribution in [0.25, 0.3) is 11.0 Å². The quantitative estimate of drug-likeness (QED) is 0.713. The molecule has 1 aliphatic heterocycles. The summed E-state index contributed by atoms with van der Waals surface area (Å²) in [4.78, 5) is 17.4. The van der Waals surface area contributed by atoms with Crippen LogP contribution >= 0.6 is 0 Å². The summed E-state index contributed by atoms with van der Waals surface area (Å²) in [5, 5.41) is 5.26. The van der Waals surface area contributed by atoms with Gasteiger partial charge < -0.3 is 14.5 Å². The van der Waals surface area contributed by atoms with Gasteiger partial charge in [0.15, 0.2) is 17.2 Å². The lowest BCUT2D eigenvalue weighted by Gasteiger charge is -2.21. The van der Waals surface area contributed by atoms with E-state index in [0.29, 0.717) is 0 Å². The monoisotopic (exact) mass is 339 g/mol. The average molecular weight is 339 g/mol. The molecule has 3 aromatic heterocycles. The van der Waals surface area contributed by atoms with Gasteiger partial charge in [-0.3, -0.25) is 4.68 Å². The Balaban J connectivity index is 1.54. The maximum absolute atomic E-state index is 6.23. The zero-order valence-electron chi connectivity index (χ0n) is 14.6. The molecule has 130 valence electrons. The van der Waals surface area contributed by atoms with E-state index in [-0.39, 0.29) is 6.10 Å². The minimum atomic E-state index is 0.101. The van der Waals surface area contributed by atoms with Gasteiger partial charge in [-0.05, 0) is 12.1 Å². The highest BCUT2D eigenvalue weighted by Crippen LogP contribution is 2.29. The Morgan fingerprint density at radius 2 is 2.12 bits per heavy atom. The number of anilines is 2. The standard InChI is InChI=1S/C17H21N7O/c1-22(2)17-14(5-4-7-18-17)25-12-6-8-24(10-12)16-13-9-21-23(3)15(13)19-11-20-16/h4-5,7,9,11-12H,6,8,10H2,1-3H3. The maximum atomic E-state index is 6.23. The molecule has 1 atom stereocenters. The summed E-state index contributed by atoms with van der Waals surface area (Å²) in [6.45, 7) is 1.67. The second kappa shape index (κ2) is 6.19. The van der Waals surface area contributed by atoms with Crippen LogP contribution in [0.3, 0.4) is 0 Å². The molecule has 1 fully saturated rings. The van der Waals surface area contributed by atoms with Gasteiger partial charge in [0.05, 0.1) is 18.1 Å². The average Bonchev–Trinajstić information content (AvgIpc) is 3.22. The number of hydrogen-bond donors (Lipinski definition) is 0. The van der Waals surface area contributed by atoms with Crippen molar-refractivity contribution in [1.29, 1.82) is 0 Å². The number of hydrogen-bond acceptors (Lipinski definition) is 7. The summed E-state index contributed by atoms with van der Waals surface area (Å²) in [6.07, 6.45) is 6.24. The van der Waals surface area contributed by atoms with Gasteiger partial charge in [0.2, 0.25) is 0 Å². The Morgan fingerprint density at radius 3 is 2.96 bits per heavy atom. The van der Waals surface area contributed by atoms with E-state index in [1.807, 2.05) is 44.4 Å². The van der Waals surface area contributed by atoms with E-state index >= 15 is 0 Å². The summed E-state index contributed by atoms with van der Waals surface area (Å²) in [5.74, 6) is 2.58. The molecular weight excluding hydrogens is 318 g/mol. The zero-order valence-corrected chi connectivity index (χ0v) is 14.6. The van der Waals surface area contributed by atoms with Crippen molar-refractivity contribution < 1.29 is 4.74 Å². The fraction of sp³-hybridized carbons (Fsp3) is 0.412. The Bertz CT molecular complexity index is 892. The van der Waals surface area contributed by atoms with E-state index in [1.165, 1.54) is 0 Å². The fourth-order valence-corrected chi connectivity index (χ4v) is 3.21. The molecule has 0 radical (unpaired) electrons. The van der Waals surface area contributed by atoms with Crippen molar-refractivity contribution in [1.82, 2.24) is 24.7 Å². The highest BCUT2D eigenvalue weighted by atomic mass is 16.5. The number of rotatable bonds is 4. The minimum Gasteiger partial charge on any atom is -0.485 e. The Hall–Kier alpha value is -2.90. The second-order valence-electron chi connectivity index (χ2n) is 6.40. The molecule has 0 aliphatic carbocycles. The van der Waals surface area contributed by atoms with Gasteiger partial charge in [-0.15, -0.1) is 0 Å². The van der Waals surface area contributed by atoms with Crippen LogP contribution in [0.15, 0.2) is 30.9 Å². The van der Waals surface area contributed by atoms with Crippen LogP contribution in [0.4, 0.5) is 11.6 Å². The van der Waals surface area contributed by atoms with Gasteiger partial charge in [0.1, 0.15) is 18.2 Å². The number of aryl methyl sites for hydroxylation is 1. The molecule has 0 amide bonds. The van der Waals surface area contributed by atoms with E-state index in [4.69, 9.17) is 4.74 Å². The molecule has 1 aliphatic rings. The van der Waals surface area contributed by atoms with Gasteiger partial charge in [-0.25, -0.2) is 15.0 Å². The summed E-state index contributed by atoms with van der Waals surface area (Å²) in [6, 6.07) is 3.87. The predicted octanol–water partition coefficient (Wildman–Crippen LogP) is 1.48. The number of fused-ring (bicyclic) bond motifs is 1. The smallest absolute Gasteiger partial charge is 0.170 e. The molecule has 0 N–H and O–H groups in total. The summed E-state index contributed by atoms with van der Waals surface area (Å²) in [7, 11) is 5.83. The SMILES string of the molecule is CN(C)c1ncccc1OC1CCN(c2ncnc3c2cnn3C)C1. The molecule has 4 heterocycles. The molecule has 3 aromatic rings. The largest absolute Gasteiger partial charge is 0.485 e. The predicted molar refractivity (Wildman–Crippen MR) is 96.1 cm³/mol. The van der Waals surface area contributed by atoms with Crippen molar-refractivity contribution in [2.24, 2.45) is 7.05 Å². The van der Waals surface area contributed by atoms with Crippen LogP contribution in [-0.2, 0) is 7.05 Å². The highest BCUT2D eigenvalue weighted by Gasteiger charge is 2.27. The van der Waals surface area contributed by atoms with E-state index in [1.54, 1.807) is 17.2 Å². The summed E-state index contributed by atoms with van der Waals surface area (Å²) < 4.78 is 7.99. The van der Waals surface area contributed by atoms with E-state index < -0.39 is 0 Å². The summed E-state index contributed by atoms with van der Waals surface area (Å²) in [5.41, 5.74) is 0.844. The van der Waals surface area contributed by atoms with Crippen LogP contribution in [0.5, 0.6) is 5.75 Å². The molecular formula is C17H21N7O. The molecule has 0 aromatic carbocycles.